The number of hydrogen-bond acceptors (Lipinski definition) is 3. The fourth-order valence-corrected chi connectivity index (χ4v) is 3.04. The molecule has 1 heterocycles. The summed E-state index contributed by atoms with van der Waals surface area (Å²) in [6.07, 6.45) is 0. The molecule has 0 aliphatic heterocycles. The van der Waals surface area contributed by atoms with Crippen LogP contribution in [0.5, 0.6) is 0 Å². The van der Waals surface area contributed by atoms with Crippen LogP contribution in [0.1, 0.15) is 5.56 Å². The summed E-state index contributed by atoms with van der Waals surface area (Å²) >= 11 is 0. The number of aryl methyl sites for hydroxylation is 1. The second kappa shape index (κ2) is 5.25. The Morgan fingerprint density at radius 1 is 0.826 bits per heavy atom. The standard InChI is InChI=1S/C19H16N4/c1-12-17(20)15(13-8-4-2-5-9-13)16(14-10-6-3-7-11-14)19-18(12)21-23-22-19/h2-11H,20H2,1H3,(H,21,22,23). The highest BCUT2D eigenvalue weighted by atomic mass is 15.3. The number of aromatic nitrogens is 3. The zero-order chi connectivity index (χ0) is 15.8. The predicted octanol–water partition coefficient (Wildman–Crippen LogP) is 4.18. The summed E-state index contributed by atoms with van der Waals surface area (Å²) in [6.45, 7) is 1.99. The van der Waals surface area contributed by atoms with Gasteiger partial charge < -0.3 is 5.73 Å². The Morgan fingerprint density at radius 3 is 2.00 bits per heavy atom. The summed E-state index contributed by atoms with van der Waals surface area (Å²) in [5, 5.41) is 11.3. The van der Waals surface area contributed by atoms with Crippen LogP contribution >= 0.6 is 0 Å². The van der Waals surface area contributed by atoms with Gasteiger partial charge in [0.25, 0.3) is 0 Å². The second-order valence-electron chi connectivity index (χ2n) is 5.56. The topological polar surface area (TPSA) is 67.6 Å². The molecule has 4 heteroatoms. The van der Waals surface area contributed by atoms with E-state index < -0.39 is 0 Å². The molecule has 0 radical (unpaired) electrons. The van der Waals surface area contributed by atoms with Crippen molar-refractivity contribution in [1.82, 2.24) is 15.4 Å². The van der Waals surface area contributed by atoms with Gasteiger partial charge in [0.15, 0.2) is 0 Å². The Bertz CT molecular complexity index is 973. The Hall–Kier alpha value is -3.14. The fraction of sp³-hybridized carbons (Fsp3) is 0.0526. The Balaban J connectivity index is 2.18. The van der Waals surface area contributed by atoms with Gasteiger partial charge in [0.2, 0.25) is 0 Å². The monoisotopic (exact) mass is 300 g/mol. The third-order valence-electron chi connectivity index (χ3n) is 4.20. The lowest BCUT2D eigenvalue weighted by Gasteiger charge is -2.16. The van der Waals surface area contributed by atoms with Crippen LogP contribution in [0.4, 0.5) is 5.69 Å². The summed E-state index contributed by atoms with van der Waals surface area (Å²) in [6, 6.07) is 20.4. The summed E-state index contributed by atoms with van der Waals surface area (Å²) in [4.78, 5) is 0. The number of benzene rings is 3. The van der Waals surface area contributed by atoms with E-state index >= 15 is 0 Å². The van der Waals surface area contributed by atoms with Crippen molar-refractivity contribution in [1.29, 1.82) is 0 Å². The van der Waals surface area contributed by atoms with E-state index in [1.54, 1.807) is 0 Å². The summed E-state index contributed by atoms with van der Waals surface area (Å²) < 4.78 is 0. The number of nitrogens with two attached hydrogens (primary N) is 1. The van der Waals surface area contributed by atoms with Gasteiger partial charge in [-0.2, -0.15) is 0 Å². The summed E-state index contributed by atoms with van der Waals surface area (Å²) in [7, 11) is 0. The molecule has 0 fully saturated rings. The van der Waals surface area contributed by atoms with Crippen LogP contribution in [-0.4, -0.2) is 15.4 Å². The molecule has 0 saturated carbocycles. The van der Waals surface area contributed by atoms with Gasteiger partial charge in [0.05, 0.1) is 5.52 Å². The Labute approximate surface area is 134 Å². The van der Waals surface area contributed by atoms with Gasteiger partial charge in [-0.25, -0.2) is 0 Å². The van der Waals surface area contributed by atoms with E-state index in [9.17, 15) is 0 Å². The van der Waals surface area contributed by atoms with Crippen LogP contribution in [0.2, 0.25) is 0 Å². The highest BCUT2D eigenvalue weighted by Crippen LogP contribution is 2.42. The van der Waals surface area contributed by atoms with E-state index in [0.29, 0.717) is 0 Å². The maximum atomic E-state index is 6.50. The smallest absolute Gasteiger partial charge is 0.118 e. The van der Waals surface area contributed by atoms with Crippen molar-refractivity contribution in [3.63, 3.8) is 0 Å². The minimum absolute atomic E-state index is 0.747. The van der Waals surface area contributed by atoms with Gasteiger partial charge in [0, 0.05) is 22.4 Å². The quantitative estimate of drug-likeness (QED) is 0.546. The molecule has 0 saturated heterocycles. The van der Waals surface area contributed by atoms with Gasteiger partial charge in [-0.15, -0.1) is 5.10 Å². The number of anilines is 1. The molecular formula is C19H16N4. The number of aromatic amines is 1. The molecule has 3 N–H and O–H groups in total. The van der Waals surface area contributed by atoms with Crippen molar-refractivity contribution in [2.75, 3.05) is 5.73 Å². The molecule has 4 rings (SSSR count). The molecule has 0 spiro atoms. The minimum Gasteiger partial charge on any atom is -0.398 e. The van der Waals surface area contributed by atoms with Crippen molar-refractivity contribution in [3.8, 4) is 22.3 Å². The van der Waals surface area contributed by atoms with Gasteiger partial charge in [-0.05, 0) is 18.1 Å². The molecule has 0 atom stereocenters. The molecule has 4 aromatic rings. The van der Waals surface area contributed by atoms with Crippen LogP contribution in [0.25, 0.3) is 33.3 Å². The highest BCUT2D eigenvalue weighted by molar-refractivity contribution is 6.07. The van der Waals surface area contributed by atoms with Crippen LogP contribution in [-0.2, 0) is 0 Å². The lowest BCUT2D eigenvalue weighted by atomic mass is 9.89. The second-order valence-corrected chi connectivity index (χ2v) is 5.56. The molecular weight excluding hydrogens is 284 g/mol. The van der Waals surface area contributed by atoms with Gasteiger partial charge in [-0.1, -0.05) is 65.9 Å². The van der Waals surface area contributed by atoms with Crippen molar-refractivity contribution >= 4 is 16.7 Å². The van der Waals surface area contributed by atoms with Gasteiger partial charge >= 0.3 is 0 Å². The van der Waals surface area contributed by atoms with E-state index in [1.807, 2.05) is 43.3 Å². The lowest BCUT2D eigenvalue weighted by Crippen LogP contribution is -1.99. The minimum atomic E-state index is 0.747. The highest BCUT2D eigenvalue weighted by Gasteiger charge is 2.20. The molecule has 1 aromatic heterocycles. The van der Waals surface area contributed by atoms with E-state index in [0.717, 1.165) is 44.5 Å². The first kappa shape index (κ1) is 13.5. The SMILES string of the molecule is Cc1c(N)c(-c2ccccc2)c(-c2ccccc2)c2[nH]nnc12. The Kier molecular flexibility index (Phi) is 3.08. The predicted molar refractivity (Wildman–Crippen MR) is 93.9 cm³/mol. The molecule has 3 aromatic carbocycles. The van der Waals surface area contributed by atoms with Crippen LogP contribution in [0, 0.1) is 6.92 Å². The fourth-order valence-electron chi connectivity index (χ4n) is 3.04. The molecule has 0 unspecified atom stereocenters. The summed E-state index contributed by atoms with van der Waals surface area (Å²) in [5.74, 6) is 0. The molecule has 0 amide bonds. The zero-order valence-electron chi connectivity index (χ0n) is 12.7. The average Bonchev–Trinajstić information content (AvgIpc) is 3.09. The van der Waals surface area contributed by atoms with Gasteiger partial charge in [-0.3, -0.25) is 5.10 Å². The van der Waals surface area contributed by atoms with Crippen molar-refractivity contribution in [2.24, 2.45) is 0 Å². The van der Waals surface area contributed by atoms with Crippen molar-refractivity contribution in [3.05, 3.63) is 66.2 Å². The molecule has 0 aliphatic rings. The number of nitrogens with zero attached hydrogens (tertiary/aromatic N) is 2. The Morgan fingerprint density at radius 2 is 1.39 bits per heavy atom. The maximum Gasteiger partial charge on any atom is 0.118 e. The molecule has 112 valence electrons. The van der Waals surface area contributed by atoms with E-state index in [4.69, 9.17) is 5.73 Å². The molecule has 4 nitrogen and oxygen atoms in total. The van der Waals surface area contributed by atoms with Crippen LogP contribution in [0.15, 0.2) is 60.7 Å². The largest absolute Gasteiger partial charge is 0.398 e. The van der Waals surface area contributed by atoms with E-state index in [-0.39, 0.29) is 0 Å². The van der Waals surface area contributed by atoms with Crippen LogP contribution < -0.4 is 5.73 Å². The maximum absolute atomic E-state index is 6.50. The van der Waals surface area contributed by atoms with Gasteiger partial charge in [0.1, 0.15) is 5.52 Å². The number of nitrogens with one attached hydrogen (secondary N) is 1. The van der Waals surface area contributed by atoms with Crippen LogP contribution in [0.3, 0.4) is 0 Å². The number of nitrogen functional groups attached to an aromatic ring is 1. The average molecular weight is 300 g/mol. The van der Waals surface area contributed by atoms with Crippen molar-refractivity contribution < 1.29 is 0 Å². The molecule has 0 bridgehead atoms. The number of hydrogen-bond donors (Lipinski definition) is 2. The number of rotatable bonds is 2. The molecule has 23 heavy (non-hydrogen) atoms. The number of fused-ring (bicyclic) bond motifs is 1. The van der Waals surface area contributed by atoms with Crippen molar-refractivity contribution in [2.45, 2.75) is 6.92 Å². The van der Waals surface area contributed by atoms with E-state index in [2.05, 4.69) is 39.7 Å². The zero-order valence-corrected chi connectivity index (χ0v) is 12.7. The number of H-pyrrole nitrogens is 1. The lowest BCUT2D eigenvalue weighted by molar-refractivity contribution is 0.958. The third kappa shape index (κ3) is 2.07. The first-order valence-corrected chi connectivity index (χ1v) is 7.51. The first-order chi connectivity index (χ1) is 11.3. The third-order valence-corrected chi connectivity index (χ3v) is 4.20. The molecule has 0 aliphatic carbocycles. The summed E-state index contributed by atoms with van der Waals surface area (Å²) in [5.41, 5.74) is 14.2. The van der Waals surface area contributed by atoms with E-state index in [1.165, 1.54) is 0 Å². The normalized spacial score (nSPS) is 11.0. The first-order valence-electron chi connectivity index (χ1n) is 7.51.